The van der Waals surface area contributed by atoms with E-state index in [0.29, 0.717) is 18.8 Å². The number of anilines is 2. The number of hydrogen-bond donors (Lipinski definition) is 1. The molecule has 11 heteroatoms. The summed E-state index contributed by atoms with van der Waals surface area (Å²) in [4.78, 5) is 19.6. The Bertz CT molecular complexity index is 1460. The number of nitrogens with zero attached hydrogens (tertiary/aromatic N) is 5. The van der Waals surface area contributed by atoms with Crippen LogP contribution in [0.4, 0.5) is 24.5 Å². The van der Waals surface area contributed by atoms with E-state index >= 15 is 0 Å². The number of carbonyl (C=O) groups is 1. The van der Waals surface area contributed by atoms with E-state index in [2.05, 4.69) is 20.3 Å². The van der Waals surface area contributed by atoms with E-state index in [0.717, 1.165) is 40.2 Å². The predicted octanol–water partition coefficient (Wildman–Crippen LogP) is 4.73. The maximum absolute atomic E-state index is 14.9. The summed E-state index contributed by atoms with van der Waals surface area (Å²) in [5, 5.41) is 6.48. The number of ether oxygens (including phenoxy) is 1. The molecule has 1 amide bonds. The molecule has 4 aromatic rings. The Morgan fingerprint density at radius 2 is 1.92 bits per heavy atom. The molecule has 0 radical (unpaired) electrons. The SMILES string of the molecule is Cc1cc(F)c(NC(=O)c2cnn(C(C)(C)C(F)F)c2)cc1-c1cc(N2CCOCC2)c2nccn2c1. The molecule has 4 heterocycles. The lowest BCUT2D eigenvalue weighted by atomic mass is 10.00. The molecular weight excluding hydrogens is 485 g/mol. The summed E-state index contributed by atoms with van der Waals surface area (Å²) in [7, 11) is 0. The number of benzene rings is 1. The zero-order valence-electron chi connectivity index (χ0n) is 20.7. The van der Waals surface area contributed by atoms with Crippen molar-refractivity contribution in [1.82, 2.24) is 19.2 Å². The second-order valence-corrected chi connectivity index (χ2v) is 9.60. The number of alkyl halides is 2. The van der Waals surface area contributed by atoms with Gasteiger partial charge in [0.1, 0.15) is 11.4 Å². The Morgan fingerprint density at radius 1 is 1.16 bits per heavy atom. The minimum Gasteiger partial charge on any atom is -0.378 e. The Balaban J connectivity index is 1.48. The number of imidazole rings is 1. The van der Waals surface area contributed by atoms with Crippen molar-refractivity contribution in [2.24, 2.45) is 0 Å². The van der Waals surface area contributed by atoms with Gasteiger partial charge >= 0.3 is 0 Å². The topological polar surface area (TPSA) is 76.7 Å². The van der Waals surface area contributed by atoms with E-state index < -0.39 is 23.7 Å². The first-order valence-electron chi connectivity index (χ1n) is 11.9. The van der Waals surface area contributed by atoms with Gasteiger partial charge in [-0.1, -0.05) is 0 Å². The molecule has 8 nitrogen and oxygen atoms in total. The molecule has 5 rings (SSSR count). The lowest BCUT2D eigenvalue weighted by molar-refractivity contribution is 0.0202. The van der Waals surface area contributed by atoms with Crippen molar-refractivity contribution in [1.29, 1.82) is 0 Å². The first-order chi connectivity index (χ1) is 17.6. The second-order valence-electron chi connectivity index (χ2n) is 9.60. The number of rotatable bonds is 6. The number of morpholine rings is 1. The van der Waals surface area contributed by atoms with Gasteiger partial charge in [-0.15, -0.1) is 0 Å². The number of aryl methyl sites for hydroxylation is 1. The highest BCUT2D eigenvalue weighted by molar-refractivity contribution is 6.04. The normalized spacial score (nSPS) is 14.5. The largest absolute Gasteiger partial charge is 0.378 e. The van der Waals surface area contributed by atoms with E-state index in [1.807, 2.05) is 22.9 Å². The van der Waals surface area contributed by atoms with Gasteiger partial charge in [-0.25, -0.2) is 18.2 Å². The third-order valence-corrected chi connectivity index (χ3v) is 6.66. The lowest BCUT2D eigenvalue weighted by Gasteiger charge is -2.29. The van der Waals surface area contributed by atoms with Gasteiger partial charge in [0.2, 0.25) is 0 Å². The van der Waals surface area contributed by atoms with Crippen LogP contribution in [-0.4, -0.2) is 57.8 Å². The molecule has 0 unspecified atom stereocenters. The molecule has 194 valence electrons. The highest BCUT2D eigenvalue weighted by atomic mass is 19.3. The summed E-state index contributed by atoms with van der Waals surface area (Å²) in [5.74, 6) is -1.25. The van der Waals surface area contributed by atoms with E-state index in [9.17, 15) is 18.0 Å². The van der Waals surface area contributed by atoms with Gasteiger partial charge in [0.05, 0.1) is 36.3 Å². The fraction of sp³-hybridized carbons (Fsp3) is 0.346. The van der Waals surface area contributed by atoms with Crippen LogP contribution >= 0.6 is 0 Å². The number of hydrogen-bond acceptors (Lipinski definition) is 5. The molecule has 0 saturated carbocycles. The molecule has 0 atom stereocenters. The third kappa shape index (κ3) is 4.66. The van der Waals surface area contributed by atoms with Crippen LogP contribution < -0.4 is 10.2 Å². The lowest BCUT2D eigenvalue weighted by Crippen LogP contribution is -2.36. The van der Waals surface area contributed by atoms with E-state index in [1.165, 1.54) is 32.3 Å². The van der Waals surface area contributed by atoms with Crippen LogP contribution in [0.5, 0.6) is 0 Å². The summed E-state index contributed by atoms with van der Waals surface area (Å²) in [6.45, 7) is 7.13. The molecule has 1 aliphatic heterocycles. The van der Waals surface area contributed by atoms with Crippen molar-refractivity contribution in [3.8, 4) is 11.1 Å². The van der Waals surface area contributed by atoms with Crippen molar-refractivity contribution in [3.63, 3.8) is 0 Å². The average molecular weight is 513 g/mol. The van der Waals surface area contributed by atoms with Crippen molar-refractivity contribution in [2.75, 3.05) is 36.5 Å². The Kier molecular flexibility index (Phi) is 6.40. The number of halogens is 3. The van der Waals surface area contributed by atoms with Crippen molar-refractivity contribution in [3.05, 3.63) is 66.1 Å². The molecule has 0 bridgehead atoms. The number of carbonyl (C=O) groups excluding carboxylic acids is 1. The molecule has 1 aromatic carbocycles. The predicted molar refractivity (Wildman–Crippen MR) is 134 cm³/mol. The molecule has 1 saturated heterocycles. The van der Waals surface area contributed by atoms with E-state index in [1.54, 1.807) is 19.2 Å². The minimum absolute atomic E-state index is 0.0230. The standard InChI is InChI=1S/C26H27F3N6O2/c1-16-10-20(27)21(32-24(36)18-13-31-35(15-18)26(2,3)25(28)29)12-19(16)17-11-22(33-6-8-37-9-7-33)23-30-4-5-34(23)14-17/h4-5,10-15,25H,6-9H2,1-3H3,(H,32,36). The van der Waals surface area contributed by atoms with Gasteiger partial charge in [0.25, 0.3) is 12.3 Å². The number of amides is 1. The number of fused-ring (bicyclic) bond motifs is 1. The van der Waals surface area contributed by atoms with Gasteiger partial charge < -0.3 is 19.4 Å². The molecule has 1 N–H and O–H groups in total. The highest BCUT2D eigenvalue weighted by Gasteiger charge is 2.33. The Hall–Kier alpha value is -3.86. The summed E-state index contributed by atoms with van der Waals surface area (Å²) in [6, 6.07) is 4.95. The molecule has 3 aromatic heterocycles. The third-order valence-electron chi connectivity index (χ3n) is 6.66. The number of aromatic nitrogens is 4. The molecule has 1 fully saturated rings. The van der Waals surface area contributed by atoms with Gasteiger partial charge in [-0.2, -0.15) is 5.10 Å². The molecule has 37 heavy (non-hydrogen) atoms. The zero-order chi connectivity index (χ0) is 26.3. The van der Waals surface area contributed by atoms with Crippen LogP contribution in [0, 0.1) is 12.7 Å². The van der Waals surface area contributed by atoms with Crippen LogP contribution in [0.25, 0.3) is 16.8 Å². The summed E-state index contributed by atoms with van der Waals surface area (Å²) in [5.41, 5.74) is 2.43. The van der Waals surface area contributed by atoms with Gasteiger partial charge in [-0.05, 0) is 50.1 Å². The summed E-state index contributed by atoms with van der Waals surface area (Å²) < 4.78 is 50.1. The number of pyridine rings is 1. The van der Waals surface area contributed by atoms with Crippen LogP contribution in [0.1, 0.15) is 29.8 Å². The van der Waals surface area contributed by atoms with Crippen LogP contribution in [0.3, 0.4) is 0 Å². The minimum atomic E-state index is -2.68. The fourth-order valence-electron chi connectivity index (χ4n) is 4.33. The van der Waals surface area contributed by atoms with E-state index in [-0.39, 0.29) is 11.3 Å². The highest BCUT2D eigenvalue weighted by Crippen LogP contribution is 2.33. The molecule has 0 aliphatic carbocycles. The van der Waals surface area contributed by atoms with Crippen LogP contribution in [0.15, 0.2) is 49.2 Å². The van der Waals surface area contributed by atoms with Crippen LogP contribution in [0.2, 0.25) is 0 Å². The zero-order valence-corrected chi connectivity index (χ0v) is 20.7. The van der Waals surface area contributed by atoms with Crippen molar-refractivity contribution in [2.45, 2.75) is 32.7 Å². The molecular formula is C26H27F3N6O2. The van der Waals surface area contributed by atoms with Gasteiger partial charge in [0.15, 0.2) is 5.65 Å². The summed E-state index contributed by atoms with van der Waals surface area (Å²) >= 11 is 0. The number of nitrogens with one attached hydrogen (secondary N) is 1. The van der Waals surface area contributed by atoms with Gasteiger partial charge in [0, 0.05) is 43.4 Å². The summed E-state index contributed by atoms with van der Waals surface area (Å²) in [6.07, 6.45) is 5.22. The van der Waals surface area contributed by atoms with Crippen molar-refractivity contribution < 1.29 is 22.7 Å². The van der Waals surface area contributed by atoms with Crippen LogP contribution in [-0.2, 0) is 10.3 Å². The Morgan fingerprint density at radius 3 is 2.65 bits per heavy atom. The maximum atomic E-state index is 14.9. The maximum Gasteiger partial charge on any atom is 0.262 e. The molecule has 0 spiro atoms. The Labute approximate surface area is 211 Å². The average Bonchev–Trinajstić information content (AvgIpc) is 3.56. The smallest absolute Gasteiger partial charge is 0.262 e. The van der Waals surface area contributed by atoms with Gasteiger partial charge in [-0.3, -0.25) is 9.48 Å². The second kappa shape index (κ2) is 9.55. The first kappa shape index (κ1) is 24.8. The fourth-order valence-corrected chi connectivity index (χ4v) is 4.33. The van der Waals surface area contributed by atoms with Crippen molar-refractivity contribution >= 4 is 22.9 Å². The quantitative estimate of drug-likeness (QED) is 0.404. The monoisotopic (exact) mass is 512 g/mol. The van der Waals surface area contributed by atoms with E-state index in [4.69, 9.17) is 4.74 Å². The first-order valence-corrected chi connectivity index (χ1v) is 11.9. The molecule has 1 aliphatic rings.